The molecule has 23 heavy (non-hydrogen) atoms. The molecule has 1 aromatic rings. The van der Waals surface area contributed by atoms with E-state index in [-0.39, 0.29) is 17.8 Å². The Labute approximate surface area is 138 Å². The average molecular weight is 321 g/mol. The summed E-state index contributed by atoms with van der Waals surface area (Å²) in [6.45, 7) is 7.71. The van der Waals surface area contributed by atoms with E-state index in [4.69, 9.17) is 5.73 Å². The van der Waals surface area contributed by atoms with Crippen molar-refractivity contribution in [2.45, 2.75) is 52.1 Å². The van der Waals surface area contributed by atoms with E-state index in [2.05, 4.69) is 24.1 Å². The van der Waals surface area contributed by atoms with E-state index in [1.54, 1.807) is 6.07 Å². The minimum atomic E-state index is -0.446. The summed E-state index contributed by atoms with van der Waals surface area (Å²) < 4.78 is 13.3. The molecule has 1 aliphatic heterocycles. The van der Waals surface area contributed by atoms with E-state index in [0.717, 1.165) is 37.2 Å². The standard InChI is InChI=1S/C18H28FN3O/c1-12(2)9-16(20)18(23)21-15-5-4-8-22(11-15)17-7-6-14(19)10-13(17)3/h6-7,10,12,15-16H,4-5,8-9,11,20H2,1-3H3,(H,21,23)/t15?,16-/m0/s1. The van der Waals surface area contributed by atoms with Crippen molar-refractivity contribution < 1.29 is 9.18 Å². The molecule has 3 N–H and O–H groups in total. The van der Waals surface area contributed by atoms with Gasteiger partial charge in [0, 0.05) is 24.8 Å². The third-order valence-corrected chi connectivity index (χ3v) is 4.33. The van der Waals surface area contributed by atoms with E-state index in [0.29, 0.717) is 12.3 Å². The average Bonchev–Trinajstić information content (AvgIpc) is 2.46. The molecular formula is C18H28FN3O. The molecule has 0 aliphatic carbocycles. The van der Waals surface area contributed by atoms with Gasteiger partial charge in [0.25, 0.3) is 0 Å². The molecule has 0 bridgehead atoms. The molecule has 1 saturated heterocycles. The molecule has 0 spiro atoms. The lowest BCUT2D eigenvalue weighted by atomic mass is 10.0. The number of rotatable bonds is 5. The third kappa shape index (κ3) is 4.93. The second-order valence-corrected chi connectivity index (χ2v) is 6.96. The molecule has 0 aromatic heterocycles. The number of nitrogens with one attached hydrogen (secondary N) is 1. The van der Waals surface area contributed by atoms with Gasteiger partial charge in [-0.25, -0.2) is 4.39 Å². The van der Waals surface area contributed by atoms with Crippen LogP contribution in [-0.4, -0.2) is 31.1 Å². The zero-order valence-corrected chi connectivity index (χ0v) is 14.3. The molecule has 128 valence electrons. The molecule has 1 unspecified atom stereocenters. The monoisotopic (exact) mass is 321 g/mol. The molecule has 1 aromatic carbocycles. The van der Waals surface area contributed by atoms with Crippen LogP contribution < -0.4 is 16.0 Å². The number of hydrogen-bond acceptors (Lipinski definition) is 3. The number of carbonyl (C=O) groups is 1. The lowest BCUT2D eigenvalue weighted by Crippen LogP contribution is -2.52. The maximum absolute atomic E-state index is 13.3. The lowest BCUT2D eigenvalue weighted by molar-refractivity contribution is -0.123. The SMILES string of the molecule is Cc1cc(F)ccc1N1CCCC(NC(=O)[C@@H](N)CC(C)C)C1. The van der Waals surface area contributed by atoms with Crippen molar-refractivity contribution in [3.8, 4) is 0 Å². The van der Waals surface area contributed by atoms with Gasteiger partial charge >= 0.3 is 0 Å². The molecule has 5 heteroatoms. The van der Waals surface area contributed by atoms with Gasteiger partial charge in [-0.2, -0.15) is 0 Å². The van der Waals surface area contributed by atoms with Gasteiger partial charge in [0.15, 0.2) is 0 Å². The topological polar surface area (TPSA) is 58.4 Å². The van der Waals surface area contributed by atoms with Crippen LogP contribution in [0.4, 0.5) is 10.1 Å². The quantitative estimate of drug-likeness (QED) is 0.876. The van der Waals surface area contributed by atoms with Crippen molar-refractivity contribution in [2.75, 3.05) is 18.0 Å². The maximum Gasteiger partial charge on any atom is 0.237 e. The number of amides is 1. The fraction of sp³-hybridized carbons (Fsp3) is 0.611. The van der Waals surface area contributed by atoms with Crippen molar-refractivity contribution in [1.82, 2.24) is 5.32 Å². The molecule has 2 rings (SSSR count). The smallest absolute Gasteiger partial charge is 0.237 e. The summed E-state index contributed by atoms with van der Waals surface area (Å²) in [7, 11) is 0. The number of halogens is 1. The molecule has 1 fully saturated rings. The maximum atomic E-state index is 13.3. The minimum absolute atomic E-state index is 0.0682. The third-order valence-electron chi connectivity index (χ3n) is 4.33. The number of carbonyl (C=O) groups excluding carboxylic acids is 1. The van der Waals surface area contributed by atoms with Crippen LogP contribution in [0.3, 0.4) is 0 Å². The van der Waals surface area contributed by atoms with Gasteiger partial charge in [0.1, 0.15) is 5.82 Å². The van der Waals surface area contributed by atoms with Gasteiger partial charge in [-0.15, -0.1) is 0 Å². The fourth-order valence-electron chi connectivity index (χ4n) is 3.21. The van der Waals surface area contributed by atoms with Gasteiger partial charge in [-0.3, -0.25) is 4.79 Å². The van der Waals surface area contributed by atoms with Crippen LogP contribution in [0.25, 0.3) is 0 Å². The van der Waals surface area contributed by atoms with Crippen molar-refractivity contribution in [3.05, 3.63) is 29.6 Å². The normalized spacial score (nSPS) is 19.7. The number of nitrogens with two attached hydrogens (primary N) is 1. The Morgan fingerprint density at radius 3 is 2.87 bits per heavy atom. The number of anilines is 1. The summed E-state index contributed by atoms with van der Waals surface area (Å²) in [4.78, 5) is 14.4. The first-order valence-electron chi connectivity index (χ1n) is 8.44. The largest absolute Gasteiger partial charge is 0.369 e. The lowest BCUT2D eigenvalue weighted by Gasteiger charge is -2.36. The van der Waals surface area contributed by atoms with E-state index >= 15 is 0 Å². The van der Waals surface area contributed by atoms with Crippen molar-refractivity contribution in [2.24, 2.45) is 11.7 Å². The number of piperidine rings is 1. The highest BCUT2D eigenvalue weighted by molar-refractivity contribution is 5.81. The number of benzene rings is 1. The van der Waals surface area contributed by atoms with Crippen molar-refractivity contribution >= 4 is 11.6 Å². The highest BCUT2D eigenvalue weighted by Gasteiger charge is 2.24. The van der Waals surface area contributed by atoms with E-state index < -0.39 is 6.04 Å². The zero-order valence-electron chi connectivity index (χ0n) is 14.3. The predicted molar refractivity (Wildman–Crippen MR) is 91.9 cm³/mol. The van der Waals surface area contributed by atoms with Crippen LogP contribution in [0.2, 0.25) is 0 Å². The van der Waals surface area contributed by atoms with Gasteiger partial charge in [0.05, 0.1) is 6.04 Å². The minimum Gasteiger partial charge on any atom is -0.369 e. The van der Waals surface area contributed by atoms with Gasteiger partial charge in [0.2, 0.25) is 5.91 Å². The highest BCUT2D eigenvalue weighted by Crippen LogP contribution is 2.24. The molecule has 0 saturated carbocycles. The molecular weight excluding hydrogens is 293 g/mol. The number of nitrogens with zero attached hydrogens (tertiary/aromatic N) is 1. The Hall–Kier alpha value is -1.62. The number of hydrogen-bond donors (Lipinski definition) is 2. The van der Waals surface area contributed by atoms with Crippen LogP contribution in [0.5, 0.6) is 0 Å². The molecule has 0 radical (unpaired) electrons. The Kier molecular flexibility index (Phi) is 5.99. The summed E-state index contributed by atoms with van der Waals surface area (Å²) >= 11 is 0. The Balaban J connectivity index is 1.96. The molecule has 2 atom stereocenters. The van der Waals surface area contributed by atoms with Crippen LogP contribution in [-0.2, 0) is 4.79 Å². The summed E-state index contributed by atoms with van der Waals surface area (Å²) in [5.74, 6) is 0.120. The summed E-state index contributed by atoms with van der Waals surface area (Å²) in [6.07, 6.45) is 2.65. The zero-order chi connectivity index (χ0) is 17.0. The molecule has 1 aliphatic rings. The van der Waals surface area contributed by atoms with Crippen LogP contribution >= 0.6 is 0 Å². The molecule has 4 nitrogen and oxygen atoms in total. The summed E-state index contributed by atoms with van der Waals surface area (Å²) in [5, 5.41) is 3.07. The predicted octanol–water partition coefficient (Wildman–Crippen LogP) is 2.59. The second kappa shape index (κ2) is 7.77. The van der Waals surface area contributed by atoms with E-state index in [1.807, 2.05) is 13.0 Å². The van der Waals surface area contributed by atoms with E-state index in [9.17, 15) is 9.18 Å². The fourth-order valence-corrected chi connectivity index (χ4v) is 3.21. The van der Waals surface area contributed by atoms with Crippen molar-refractivity contribution in [3.63, 3.8) is 0 Å². The summed E-state index contributed by atoms with van der Waals surface area (Å²) in [5.41, 5.74) is 7.92. The Morgan fingerprint density at radius 1 is 1.48 bits per heavy atom. The summed E-state index contributed by atoms with van der Waals surface area (Å²) in [6, 6.07) is 4.51. The Bertz CT molecular complexity index is 547. The van der Waals surface area contributed by atoms with Crippen LogP contribution in [0.1, 0.15) is 38.7 Å². The molecule has 1 heterocycles. The Morgan fingerprint density at radius 2 is 2.22 bits per heavy atom. The number of aryl methyl sites for hydroxylation is 1. The van der Waals surface area contributed by atoms with Crippen molar-refractivity contribution in [1.29, 1.82) is 0 Å². The van der Waals surface area contributed by atoms with Gasteiger partial charge in [-0.1, -0.05) is 13.8 Å². The molecule has 1 amide bonds. The van der Waals surface area contributed by atoms with Crippen LogP contribution in [0, 0.1) is 18.7 Å². The van der Waals surface area contributed by atoms with E-state index in [1.165, 1.54) is 6.07 Å². The first kappa shape index (κ1) is 17.7. The second-order valence-electron chi connectivity index (χ2n) is 6.96. The van der Waals surface area contributed by atoms with Gasteiger partial charge < -0.3 is 16.0 Å². The first-order chi connectivity index (χ1) is 10.9. The van der Waals surface area contributed by atoms with Gasteiger partial charge in [-0.05, 0) is 55.9 Å². The highest BCUT2D eigenvalue weighted by atomic mass is 19.1. The van der Waals surface area contributed by atoms with Crippen LogP contribution in [0.15, 0.2) is 18.2 Å². The first-order valence-corrected chi connectivity index (χ1v) is 8.44.